The van der Waals surface area contributed by atoms with Crippen LogP contribution in [0.25, 0.3) is 0 Å². The Labute approximate surface area is 233 Å². The van der Waals surface area contributed by atoms with Gasteiger partial charge < -0.3 is 14.8 Å². The molecule has 1 heterocycles. The van der Waals surface area contributed by atoms with Gasteiger partial charge in [0, 0.05) is 25.2 Å². The number of likely N-dealkylation sites (tertiary alicyclic amines) is 1. The van der Waals surface area contributed by atoms with E-state index in [1.54, 1.807) is 33.1 Å². The third kappa shape index (κ3) is 6.65. The van der Waals surface area contributed by atoms with Crippen LogP contribution in [0.4, 0.5) is 0 Å². The van der Waals surface area contributed by atoms with Crippen LogP contribution in [-0.4, -0.2) is 76.6 Å². The summed E-state index contributed by atoms with van der Waals surface area (Å²) in [7, 11) is -0.607. The normalized spacial score (nSPS) is 22.2. The van der Waals surface area contributed by atoms with Crippen molar-refractivity contribution in [1.29, 1.82) is 0 Å². The maximum Gasteiger partial charge on any atom is 0.246 e. The van der Waals surface area contributed by atoms with Gasteiger partial charge in [-0.1, -0.05) is 30.3 Å². The highest BCUT2D eigenvalue weighted by Gasteiger charge is 2.42. The van der Waals surface area contributed by atoms with Crippen molar-refractivity contribution in [2.24, 2.45) is 0 Å². The number of amides is 1. The summed E-state index contributed by atoms with van der Waals surface area (Å²) < 4.78 is 38.4. The second-order valence-electron chi connectivity index (χ2n) is 10.9. The summed E-state index contributed by atoms with van der Waals surface area (Å²) in [4.78, 5) is 15.6. The Morgan fingerprint density at radius 2 is 1.69 bits per heavy atom. The van der Waals surface area contributed by atoms with Gasteiger partial charge in [0.05, 0.1) is 18.6 Å². The van der Waals surface area contributed by atoms with Crippen LogP contribution in [0, 0.1) is 13.8 Å². The van der Waals surface area contributed by atoms with E-state index < -0.39 is 10.0 Å². The molecule has 0 radical (unpaired) electrons. The van der Waals surface area contributed by atoms with E-state index in [9.17, 15) is 13.2 Å². The molecule has 1 saturated heterocycles. The number of benzene rings is 2. The molecular formula is C30H43N3O5S. The van der Waals surface area contributed by atoms with Gasteiger partial charge in [0.2, 0.25) is 15.9 Å². The first-order valence-electron chi connectivity index (χ1n) is 14.0. The summed E-state index contributed by atoms with van der Waals surface area (Å²) in [5.41, 5.74) is 2.71. The molecule has 9 heteroatoms. The van der Waals surface area contributed by atoms with Crippen LogP contribution >= 0.6 is 0 Å². The SMILES string of the molecule is COc1cc(C)c(S(=O)(=O)N(C)CCOCC(=O)NC2CCC(c3ccccc3)(N3CCCC3)CC2)c(C)c1. The van der Waals surface area contributed by atoms with Crippen molar-refractivity contribution >= 4 is 15.9 Å². The number of aryl methyl sites for hydroxylation is 2. The van der Waals surface area contributed by atoms with Gasteiger partial charge in [-0.2, -0.15) is 4.31 Å². The van der Waals surface area contributed by atoms with Crippen molar-refractivity contribution < 1.29 is 22.7 Å². The van der Waals surface area contributed by atoms with Crippen LogP contribution in [0.3, 0.4) is 0 Å². The van der Waals surface area contributed by atoms with E-state index in [-0.39, 0.29) is 42.1 Å². The van der Waals surface area contributed by atoms with E-state index in [0.717, 1.165) is 38.8 Å². The molecule has 1 saturated carbocycles. The molecule has 0 bridgehead atoms. The number of carbonyl (C=O) groups is 1. The monoisotopic (exact) mass is 557 g/mol. The van der Waals surface area contributed by atoms with Crippen molar-refractivity contribution in [3.8, 4) is 5.75 Å². The lowest BCUT2D eigenvalue weighted by Crippen LogP contribution is -2.50. The molecule has 4 rings (SSSR count). The fraction of sp³-hybridized carbons (Fsp3) is 0.567. The number of rotatable bonds is 11. The van der Waals surface area contributed by atoms with Crippen LogP contribution in [0.1, 0.15) is 55.2 Å². The zero-order valence-corrected chi connectivity index (χ0v) is 24.6. The van der Waals surface area contributed by atoms with Gasteiger partial charge in [-0.3, -0.25) is 9.69 Å². The summed E-state index contributed by atoms with van der Waals surface area (Å²) in [5.74, 6) is 0.474. The summed E-state index contributed by atoms with van der Waals surface area (Å²) in [6.45, 7) is 6.01. The fourth-order valence-electron chi connectivity index (χ4n) is 6.26. The number of carbonyl (C=O) groups excluding carboxylic acids is 1. The molecule has 0 atom stereocenters. The van der Waals surface area contributed by atoms with Gasteiger partial charge in [-0.15, -0.1) is 0 Å². The zero-order chi connectivity index (χ0) is 28.0. The topological polar surface area (TPSA) is 88.2 Å². The molecule has 2 fully saturated rings. The smallest absolute Gasteiger partial charge is 0.246 e. The van der Waals surface area contributed by atoms with Gasteiger partial charge in [0.1, 0.15) is 12.4 Å². The molecule has 39 heavy (non-hydrogen) atoms. The minimum Gasteiger partial charge on any atom is -0.497 e. The summed E-state index contributed by atoms with van der Waals surface area (Å²) in [5, 5.41) is 3.14. The Morgan fingerprint density at radius 1 is 1.08 bits per heavy atom. The lowest BCUT2D eigenvalue weighted by Gasteiger charge is -2.47. The second kappa shape index (κ2) is 12.8. The minimum absolute atomic E-state index is 0.0617. The number of nitrogens with one attached hydrogen (secondary N) is 1. The standard InChI is InChI=1S/C30H43N3O5S/c1-23-20-27(37-4)21-24(2)29(23)39(35,36)32(3)18-19-38-22-28(34)31-26-12-14-30(15-13-26,33-16-8-9-17-33)25-10-6-5-7-11-25/h5-7,10-11,20-21,26H,8-9,12-19,22H2,1-4H3,(H,31,34). The molecule has 2 aliphatic rings. The highest BCUT2D eigenvalue weighted by atomic mass is 32.2. The molecule has 8 nitrogen and oxygen atoms in total. The first kappa shape index (κ1) is 29.5. The molecule has 214 valence electrons. The van der Waals surface area contributed by atoms with E-state index in [4.69, 9.17) is 9.47 Å². The Hall–Kier alpha value is -2.46. The maximum absolute atomic E-state index is 13.2. The molecule has 2 aromatic carbocycles. The lowest BCUT2D eigenvalue weighted by atomic mass is 9.73. The van der Waals surface area contributed by atoms with E-state index in [1.165, 1.54) is 29.8 Å². The molecule has 0 aromatic heterocycles. The molecule has 1 amide bonds. The minimum atomic E-state index is -3.70. The average Bonchev–Trinajstić information content (AvgIpc) is 3.47. The highest BCUT2D eigenvalue weighted by molar-refractivity contribution is 7.89. The van der Waals surface area contributed by atoms with Crippen LogP contribution in [0.5, 0.6) is 5.75 Å². The first-order valence-corrected chi connectivity index (χ1v) is 15.4. The van der Waals surface area contributed by atoms with Crippen LogP contribution in [0.2, 0.25) is 0 Å². The summed E-state index contributed by atoms with van der Waals surface area (Å²) in [6.07, 6.45) is 6.41. The molecule has 0 spiro atoms. The van der Waals surface area contributed by atoms with E-state index >= 15 is 0 Å². The van der Waals surface area contributed by atoms with Gasteiger partial charge in [0.15, 0.2) is 0 Å². The summed E-state index contributed by atoms with van der Waals surface area (Å²) in [6, 6.07) is 14.4. The van der Waals surface area contributed by atoms with Gasteiger partial charge >= 0.3 is 0 Å². The Morgan fingerprint density at radius 3 is 2.28 bits per heavy atom. The number of hydrogen-bond donors (Lipinski definition) is 1. The third-order valence-corrected chi connectivity index (χ3v) is 10.5. The van der Waals surface area contributed by atoms with Crippen molar-refractivity contribution in [3.05, 3.63) is 59.2 Å². The summed E-state index contributed by atoms with van der Waals surface area (Å²) >= 11 is 0. The number of hydrogen-bond acceptors (Lipinski definition) is 6. The molecule has 2 aromatic rings. The maximum atomic E-state index is 13.2. The van der Waals surface area contributed by atoms with Gasteiger partial charge in [0.25, 0.3) is 0 Å². The van der Waals surface area contributed by atoms with Crippen LogP contribution in [-0.2, 0) is 25.1 Å². The largest absolute Gasteiger partial charge is 0.497 e. The van der Waals surface area contributed by atoms with Crippen LogP contribution in [0.15, 0.2) is 47.4 Å². The van der Waals surface area contributed by atoms with Gasteiger partial charge in [-0.25, -0.2) is 8.42 Å². The Kier molecular flexibility index (Phi) is 9.69. The van der Waals surface area contributed by atoms with Crippen molar-refractivity contribution in [2.75, 3.05) is 47.0 Å². The number of likely N-dealkylation sites (N-methyl/N-ethyl adjacent to an activating group) is 1. The Bertz CT molecular complexity index is 1200. The average molecular weight is 558 g/mol. The van der Waals surface area contributed by atoms with Crippen LogP contribution < -0.4 is 10.1 Å². The molecule has 1 aliphatic carbocycles. The highest BCUT2D eigenvalue weighted by Crippen LogP contribution is 2.44. The quantitative estimate of drug-likeness (QED) is 0.420. The van der Waals surface area contributed by atoms with Crippen molar-refractivity contribution in [3.63, 3.8) is 0 Å². The van der Waals surface area contributed by atoms with E-state index in [1.807, 2.05) is 0 Å². The predicted molar refractivity (Wildman–Crippen MR) is 152 cm³/mol. The second-order valence-corrected chi connectivity index (χ2v) is 12.9. The molecule has 1 N–H and O–H groups in total. The zero-order valence-electron chi connectivity index (χ0n) is 23.7. The Balaban J connectivity index is 1.24. The fourth-order valence-corrected chi connectivity index (χ4v) is 7.82. The molecule has 1 aliphatic heterocycles. The van der Waals surface area contributed by atoms with E-state index in [2.05, 4.69) is 40.5 Å². The van der Waals surface area contributed by atoms with Gasteiger partial charge in [-0.05, 0) is 94.3 Å². The third-order valence-electron chi connectivity index (χ3n) is 8.32. The predicted octanol–water partition coefficient (Wildman–Crippen LogP) is 4.00. The number of nitrogens with zero attached hydrogens (tertiary/aromatic N) is 2. The molecule has 0 unspecified atom stereocenters. The lowest BCUT2D eigenvalue weighted by molar-refractivity contribution is -0.126. The van der Waals surface area contributed by atoms with Crippen molar-refractivity contribution in [1.82, 2.24) is 14.5 Å². The molecular weight excluding hydrogens is 514 g/mol. The number of sulfonamides is 1. The number of methoxy groups -OCH3 is 1. The number of ether oxygens (including phenoxy) is 2. The van der Waals surface area contributed by atoms with Crippen molar-refractivity contribution in [2.45, 2.75) is 68.8 Å². The first-order chi connectivity index (χ1) is 18.7. The van der Waals surface area contributed by atoms with E-state index in [0.29, 0.717) is 16.9 Å².